The maximum atomic E-state index is 10.2. The second kappa shape index (κ2) is 14.6. The Morgan fingerprint density at radius 2 is 1.65 bits per heavy atom. The number of hydrogen-bond donors (Lipinski definition) is 2. The number of hydrogen-bond acceptors (Lipinski definition) is 7. The number of carbonyl (C=O) groups is 1. The fourth-order valence-electron chi connectivity index (χ4n) is 4.05. The summed E-state index contributed by atoms with van der Waals surface area (Å²) in [5.74, 6) is 1.78. The number of phenols is 1. The first-order chi connectivity index (χ1) is 18.1. The van der Waals surface area contributed by atoms with E-state index in [1.54, 1.807) is 6.07 Å². The molecule has 4 aromatic rings. The van der Waals surface area contributed by atoms with Crippen molar-refractivity contribution in [3.8, 4) is 17.1 Å². The van der Waals surface area contributed by atoms with Crippen molar-refractivity contribution in [1.82, 2.24) is 15.3 Å². The molecule has 0 bridgehead atoms. The molecular weight excluding hydrogens is 464 g/mol. The maximum absolute atomic E-state index is 10.2. The first kappa shape index (κ1) is 27.6. The third-order valence-corrected chi connectivity index (χ3v) is 5.80. The van der Waals surface area contributed by atoms with Crippen molar-refractivity contribution in [2.24, 2.45) is 0 Å². The van der Waals surface area contributed by atoms with Gasteiger partial charge in [0.05, 0.1) is 17.7 Å². The van der Waals surface area contributed by atoms with Gasteiger partial charge in [-0.15, -0.1) is 0 Å². The van der Waals surface area contributed by atoms with Crippen molar-refractivity contribution in [1.29, 1.82) is 0 Å². The van der Waals surface area contributed by atoms with Crippen molar-refractivity contribution in [2.45, 2.75) is 26.2 Å². The van der Waals surface area contributed by atoms with Crippen LogP contribution in [-0.4, -0.2) is 55.3 Å². The minimum atomic E-state index is 0.215. The molecule has 0 saturated carbocycles. The van der Waals surface area contributed by atoms with E-state index in [2.05, 4.69) is 40.1 Å². The molecule has 7 heteroatoms. The lowest BCUT2D eigenvalue weighted by molar-refractivity contribution is -0.128. The standard InChI is InChI=1S/C19H19N3O.C9H10O2.C2H7N/c1-13-8-9-14-16(12-13)20-18(15-6-2-3-7-17(15)23)21-19(14)22-10-4-5-11-22;10-8-11-7-6-9-4-2-1-3-5-9;1-3-2/h2-3,6-9,12,23H,4-5,10-11H2,1H3;1-5,8H,6-7H2;3H,1-2H3. The molecule has 3 aromatic carbocycles. The number of phenolic OH excluding ortho intramolecular Hbond substituents is 1. The number of aromatic nitrogens is 2. The summed E-state index contributed by atoms with van der Waals surface area (Å²) in [5, 5.41) is 14.0. The van der Waals surface area contributed by atoms with Crippen molar-refractivity contribution < 1.29 is 14.6 Å². The molecule has 0 atom stereocenters. The lowest BCUT2D eigenvalue weighted by Gasteiger charge is -2.19. The molecule has 0 amide bonds. The quantitative estimate of drug-likeness (QED) is 0.280. The summed E-state index contributed by atoms with van der Waals surface area (Å²) >= 11 is 0. The van der Waals surface area contributed by atoms with Crippen LogP contribution in [0.3, 0.4) is 0 Å². The summed E-state index contributed by atoms with van der Waals surface area (Å²) in [5.41, 5.74) is 3.97. The fourth-order valence-corrected chi connectivity index (χ4v) is 4.05. The van der Waals surface area contributed by atoms with Gasteiger partial charge in [-0.25, -0.2) is 9.97 Å². The van der Waals surface area contributed by atoms with E-state index < -0.39 is 0 Å². The van der Waals surface area contributed by atoms with E-state index in [4.69, 9.17) is 9.97 Å². The fraction of sp³-hybridized carbons (Fsp3) is 0.300. The number of para-hydroxylation sites is 1. The smallest absolute Gasteiger partial charge is 0.293 e. The van der Waals surface area contributed by atoms with Gasteiger partial charge in [-0.3, -0.25) is 4.79 Å². The summed E-state index contributed by atoms with van der Waals surface area (Å²) in [6, 6.07) is 23.4. The lowest BCUT2D eigenvalue weighted by atomic mass is 10.1. The van der Waals surface area contributed by atoms with Crippen molar-refractivity contribution in [3.05, 3.63) is 83.9 Å². The normalized spacial score (nSPS) is 12.2. The molecule has 5 rings (SSSR count). The Morgan fingerprint density at radius 3 is 2.32 bits per heavy atom. The Labute approximate surface area is 219 Å². The van der Waals surface area contributed by atoms with E-state index in [-0.39, 0.29) is 5.75 Å². The number of aryl methyl sites for hydroxylation is 1. The Balaban J connectivity index is 0.000000228. The van der Waals surface area contributed by atoms with Crippen LogP contribution >= 0.6 is 0 Å². The summed E-state index contributed by atoms with van der Waals surface area (Å²) in [7, 11) is 3.75. The predicted molar refractivity (Wildman–Crippen MR) is 150 cm³/mol. The second-order valence-electron chi connectivity index (χ2n) is 8.81. The molecule has 194 valence electrons. The third kappa shape index (κ3) is 8.02. The molecule has 1 aliphatic heterocycles. The van der Waals surface area contributed by atoms with Crippen LogP contribution in [0.25, 0.3) is 22.3 Å². The van der Waals surface area contributed by atoms with E-state index in [1.165, 1.54) is 24.0 Å². The van der Waals surface area contributed by atoms with Gasteiger partial charge in [0, 0.05) is 24.9 Å². The zero-order valence-corrected chi connectivity index (χ0v) is 21.9. The molecule has 1 fully saturated rings. The van der Waals surface area contributed by atoms with Gasteiger partial charge in [-0.05, 0) is 69.3 Å². The Morgan fingerprint density at radius 1 is 0.973 bits per heavy atom. The van der Waals surface area contributed by atoms with Crippen LogP contribution in [0.2, 0.25) is 0 Å². The molecule has 1 saturated heterocycles. The zero-order valence-electron chi connectivity index (χ0n) is 21.9. The van der Waals surface area contributed by atoms with Gasteiger partial charge in [-0.2, -0.15) is 0 Å². The SMILES string of the molecule is CNC.Cc1ccc2c(N3CCCC3)nc(-c3ccccc3O)nc2c1.O=COCCc1ccccc1. The first-order valence-electron chi connectivity index (χ1n) is 12.6. The molecule has 2 N–H and O–H groups in total. The number of carbonyl (C=O) groups excluding carboxylic acids is 1. The first-order valence-corrected chi connectivity index (χ1v) is 12.6. The molecular formula is C30H36N4O3. The van der Waals surface area contributed by atoms with Gasteiger partial charge < -0.3 is 20.1 Å². The minimum Gasteiger partial charge on any atom is -0.507 e. The molecule has 0 spiro atoms. The third-order valence-electron chi connectivity index (χ3n) is 5.80. The summed E-state index contributed by atoms with van der Waals surface area (Å²) in [4.78, 5) is 21.6. The maximum Gasteiger partial charge on any atom is 0.293 e. The number of aromatic hydroxyl groups is 1. The van der Waals surface area contributed by atoms with Crippen molar-refractivity contribution >= 4 is 23.2 Å². The highest BCUT2D eigenvalue weighted by atomic mass is 16.5. The lowest BCUT2D eigenvalue weighted by Crippen LogP contribution is -2.20. The zero-order chi connectivity index (χ0) is 26.5. The number of anilines is 1. The van der Waals surface area contributed by atoms with Crippen molar-refractivity contribution in [3.63, 3.8) is 0 Å². The topological polar surface area (TPSA) is 87.6 Å². The van der Waals surface area contributed by atoms with Crippen LogP contribution in [0, 0.1) is 6.92 Å². The molecule has 37 heavy (non-hydrogen) atoms. The number of benzene rings is 3. The van der Waals surface area contributed by atoms with Crippen LogP contribution in [-0.2, 0) is 16.0 Å². The number of nitrogens with zero attached hydrogens (tertiary/aromatic N) is 3. The molecule has 1 aliphatic rings. The number of fused-ring (bicyclic) bond motifs is 1. The van der Waals surface area contributed by atoms with Gasteiger partial charge in [0.25, 0.3) is 6.47 Å². The second-order valence-corrected chi connectivity index (χ2v) is 8.81. The van der Waals surface area contributed by atoms with E-state index in [0.29, 0.717) is 24.5 Å². The summed E-state index contributed by atoms with van der Waals surface area (Å²) < 4.78 is 4.56. The predicted octanol–water partition coefficient (Wildman–Crippen LogP) is 5.15. The molecule has 0 aliphatic carbocycles. The van der Waals surface area contributed by atoms with E-state index in [9.17, 15) is 9.90 Å². The number of ether oxygens (including phenoxy) is 1. The van der Waals surface area contributed by atoms with Crippen LogP contribution in [0.5, 0.6) is 5.75 Å². The van der Waals surface area contributed by atoms with Crippen molar-refractivity contribution in [2.75, 3.05) is 38.7 Å². The molecule has 7 nitrogen and oxygen atoms in total. The summed E-state index contributed by atoms with van der Waals surface area (Å²) in [6.45, 7) is 5.06. The number of nitrogens with one attached hydrogen (secondary N) is 1. The van der Waals surface area contributed by atoms with Gasteiger partial charge in [-0.1, -0.05) is 48.5 Å². The van der Waals surface area contributed by atoms with Crippen LogP contribution in [0.15, 0.2) is 72.8 Å². The van der Waals surface area contributed by atoms with Gasteiger partial charge in [0.15, 0.2) is 5.82 Å². The average Bonchev–Trinajstić information content (AvgIpc) is 3.45. The van der Waals surface area contributed by atoms with E-state index in [1.807, 2.05) is 62.6 Å². The molecule has 0 radical (unpaired) electrons. The molecule has 2 heterocycles. The van der Waals surface area contributed by atoms with Gasteiger partial charge in [0.2, 0.25) is 0 Å². The average molecular weight is 501 g/mol. The Kier molecular flexibility index (Phi) is 10.9. The van der Waals surface area contributed by atoms with Crippen LogP contribution in [0.4, 0.5) is 5.82 Å². The number of rotatable bonds is 6. The Bertz CT molecular complexity index is 1260. The molecule has 1 aromatic heterocycles. The monoisotopic (exact) mass is 500 g/mol. The van der Waals surface area contributed by atoms with Crippen LogP contribution < -0.4 is 10.2 Å². The largest absolute Gasteiger partial charge is 0.507 e. The van der Waals surface area contributed by atoms with E-state index in [0.717, 1.165) is 36.2 Å². The molecule has 0 unspecified atom stereocenters. The van der Waals surface area contributed by atoms with E-state index >= 15 is 0 Å². The summed E-state index contributed by atoms with van der Waals surface area (Å²) in [6.07, 6.45) is 3.19. The van der Waals surface area contributed by atoms with Gasteiger partial charge in [0.1, 0.15) is 11.6 Å². The highest BCUT2D eigenvalue weighted by molar-refractivity contribution is 5.92. The van der Waals surface area contributed by atoms with Gasteiger partial charge >= 0.3 is 0 Å². The highest BCUT2D eigenvalue weighted by Gasteiger charge is 2.19. The highest BCUT2D eigenvalue weighted by Crippen LogP contribution is 2.33. The van der Waals surface area contributed by atoms with Crippen LogP contribution in [0.1, 0.15) is 24.0 Å². The minimum absolute atomic E-state index is 0.215. The Hall–Kier alpha value is -3.97.